The molecule has 1 aliphatic carbocycles. The molecule has 2 amide bonds. The second-order valence-electron chi connectivity index (χ2n) is 7.94. The number of benzene rings is 1. The van der Waals surface area contributed by atoms with Gasteiger partial charge in [-0.15, -0.1) is 0 Å². The molecule has 1 aromatic carbocycles. The first-order valence-corrected chi connectivity index (χ1v) is 12.2. The number of ether oxygens (including phenoxy) is 1. The number of hydrogen-bond donors (Lipinski definition) is 1. The number of methoxy groups -OCH3 is 1. The summed E-state index contributed by atoms with van der Waals surface area (Å²) < 4.78 is 30.8. The molecule has 0 atom stereocenters. The molecule has 1 saturated heterocycles. The van der Waals surface area contributed by atoms with Crippen molar-refractivity contribution in [2.24, 2.45) is 0 Å². The number of sulfone groups is 1. The lowest BCUT2D eigenvalue weighted by molar-refractivity contribution is 0.172. The van der Waals surface area contributed by atoms with Gasteiger partial charge in [0.25, 0.3) is 0 Å². The molecule has 8 heteroatoms. The molecule has 162 valence electrons. The van der Waals surface area contributed by atoms with E-state index in [-0.39, 0.29) is 11.3 Å². The van der Waals surface area contributed by atoms with Crippen LogP contribution in [0.4, 0.5) is 10.5 Å². The maximum Gasteiger partial charge on any atom is 0.321 e. The minimum absolute atomic E-state index is 0.167. The van der Waals surface area contributed by atoms with E-state index < -0.39 is 9.84 Å². The van der Waals surface area contributed by atoms with Gasteiger partial charge in [-0.25, -0.2) is 13.2 Å². The van der Waals surface area contributed by atoms with E-state index in [4.69, 9.17) is 4.74 Å². The van der Waals surface area contributed by atoms with Crippen molar-refractivity contribution in [3.63, 3.8) is 0 Å². The highest BCUT2D eigenvalue weighted by Gasteiger charge is 2.30. The number of amides is 2. The first-order chi connectivity index (χ1) is 14.0. The molecule has 2 fully saturated rings. The Morgan fingerprint density at radius 3 is 2.69 bits per heavy atom. The van der Waals surface area contributed by atoms with Crippen molar-refractivity contribution in [3.8, 4) is 0 Å². The molecule has 0 aromatic heterocycles. The van der Waals surface area contributed by atoms with E-state index in [1.54, 1.807) is 31.4 Å². The number of nitrogens with zero attached hydrogens (tertiary/aromatic N) is 2. The molecule has 1 saturated carbocycles. The monoisotopic (exact) mass is 423 g/mol. The largest absolute Gasteiger partial charge is 0.385 e. The molecule has 1 N–H and O–H groups in total. The van der Waals surface area contributed by atoms with Gasteiger partial charge in [-0.2, -0.15) is 0 Å². The molecular formula is C21H33N3O4S. The van der Waals surface area contributed by atoms with E-state index in [2.05, 4.69) is 10.2 Å². The van der Waals surface area contributed by atoms with Gasteiger partial charge in [-0.05, 0) is 50.4 Å². The topological polar surface area (TPSA) is 79.0 Å². The van der Waals surface area contributed by atoms with Gasteiger partial charge in [0.2, 0.25) is 0 Å². The van der Waals surface area contributed by atoms with Crippen LogP contribution in [-0.4, -0.2) is 75.9 Å². The molecule has 1 heterocycles. The van der Waals surface area contributed by atoms with Gasteiger partial charge in [0.1, 0.15) is 0 Å². The smallest absolute Gasteiger partial charge is 0.321 e. The van der Waals surface area contributed by atoms with Crippen LogP contribution in [0.2, 0.25) is 0 Å². The summed E-state index contributed by atoms with van der Waals surface area (Å²) in [6, 6.07) is 6.52. The number of rotatable bonds is 7. The second kappa shape index (κ2) is 10.4. The minimum Gasteiger partial charge on any atom is -0.385 e. The van der Waals surface area contributed by atoms with Crippen molar-refractivity contribution >= 4 is 21.6 Å². The van der Waals surface area contributed by atoms with Gasteiger partial charge in [0.15, 0.2) is 9.84 Å². The molecule has 0 radical (unpaired) electrons. The SMILES string of the molecule is COCCCN1CCCN(C(=O)Nc2cccc(S(=O)(=O)C3CCCC3)c2)CC1. The number of nitrogens with one attached hydrogen (secondary N) is 1. The van der Waals surface area contributed by atoms with Crippen molar-refractivity contribution in [3.05, 3.63) is 24.3 Å². The van der Waals surface area contributed by atoms with Crippen molar-refractivity contribution in [2.75, 3.05) is 51.8 Å². The highest BCUT2D eigenvalue weighted by atomic mass is 32.2. The number of carbonyl (C=O) groups excluding carboxylic acids is 1. The maximum atomic E-state index is 12.8. The number of anilines is 1. The fourth-order valence-corrected chi connectivity index (χ4v) is 6.07. The molecule has 0 spiro atoms. The normalized spacial score (nSPS) is 19.3. The third kappa shape index (κ3) is 5.93. The molecule has 3 rings (SSSR count). The zero-order valence-corrected chi connectivity index (χ0v) is 18.1. The van der Waals surface area contributed by atoms with Crippen LogP contribution in [-0.2, 0) is 14.6 Å². The predicted octanol–water partition coefficient (Wildman–Crippen LogP) is 2.98. The van der Waals surface area contributed by atoms with Crippen molar-refractivity contribution in [1.82, 2.24) is 9.80 Å². The standard InChI is InChI=1S/C21H33N3O4S/c1-28-16-6-12-23-11-5-13-24(15-14-23)21(25)22-18-7-4-10-20(17-18)29(26,27)19-8-2-3-9-19/h4,7,10,17,19H,2-3,5-6,8-9,11-16H2,1H3,(H,22,25). The van der Waals surface area contributed by atoms with Gasteiger partial charge in [-0.1, -0.05) is 18.9 Å². The van der Waals surface area contributed by atoms with E-state index in [1.165, 1.54) is 0 Å². The molecule has 1 aromatic rings. The molecule has 29 heavy (non-hydrogen) atoms. The van der Waals surface area contributed by atoms with Crippen LogP contribution in [0.15, 0.2) is 29.2 Å². The third-order valence-electron chi connectivity index (χ3n) is 5.85. The molecule has 2 aliphatic rings. The van der Waals surface area contributed by atoms with Crippen LogP contribution in [0.5, 0.6) is 0 Å². The summed E-state index contributed by atoms with van der Waals surface area (Å²) in [4.78, 5) is 17.2. The summed E-state index contributed by atoms with van der Waals surface area (Å²) in [6.07, 6.45) is 5.32. The van der Waals surface area contributed by atoms with Crippen LogP contribution >= 0.6 is 0 Å². The van der Waals surface area contributed by atoms with E-state index >= 15 is 0 Å². The zero-order chi connectivity index (χ0) is 20.7. The quantitative estimate of drug-likeness (QED) is 0.682. The predicted molar refractivity (Wildman–Crippen MR) is 114 cm³/mol. The van der Waals surface area contributed by atoms with E-state index in [0.717, 1.165) is 64.8 Å². The number of hydrogen-bond acceptors (Lipinski definition) is 5. The van der Waals surface area contributed by atoms with Gasteiger partial charge in [-0.3, -0.25) is 0 Å². The Kier molecular flexibility index (Phi) is 7.91. The minimum atomic E-state index is -3.33. The molecule has 1 aliphatic heterocycles. The van der Waals surface area contributed by atoms with Crippen LogP contribution in [0.1, 0.15) is 38.5 Å². The first-order valence-electron chi connectivity index (χ1n) is 10.6. The Hall–Kier alpha value is -1.64. The highest BCUT2D eigenvalue weighted by molar-refractivity contribution is 7.92. The molecule has 7 nitrogen and oxygen atoms in total. The van der Waals surface area contributed by atoms with Crippen molar-refractivity contribution < 1.29 is 17.9 Å². The third-order valence-corrected chi connectivity index (χ3v) is 8.11. The molecule has 0 unspecified atom stereocenters. The summed E-state index contributed by atoms with van der Waals surface area (Å²) in [5, 5.41) is 2.60. The van der Waals surface area contributed by atoms with E-state index in [9.17, 15) is 13.2 Å². The van der Waals surface area contributed by atoms with Gasteiger partial charge in [0.05, 0.1) is 10.1 Å². The fourth-order valence-electron chi connectivity index (χ4n) is 4.17. The Morgan fingerprint density at radius 1 is 1.14 bits per heavy atom. The van der Waals surface area contributed by atoms with Crippen LogP contribution in [0, 0.1) is 0 Å². The maximum absolute atomic E-state index is 12.8. The summed E-state index contributed by atoms with van der Waals surface area (Å²) in [5.74, 6) is 0. The molecular weight excluding hydrogens is 390 g/mol. The van der Waals surface area contributed by atoms with Gasteiger partial charge >= 0.3 is 6.03 Å². The Morgan fingerprint density at radius 2 is 1.93 bits per heavy atom. The second-order valence-corrected chi connectivity index (χ2v) is 10.2. The Balaban J connectivity index is 1.58. The number of carbonyl (C=O) groups is 1. The lowest BCUT2D eigenvalue weighted by Crippen LogP contribution is -2.38. The summed E-state index contributed by atoms with van der Waals surface area (Å²) in [5.41, 5.74) is 0.537. The van der Waals surface area contributed by atoms with Crippen LogP contribution in [0.25, 0.3) is 0 Å². The summed E-state index contributed by atoms with van der Waals surface area (Å²) in [6.45, 7) is 4.91. The van der Waals surface area contributed by atoms with Gasteiger partial charge in [0, 0.05) is 45.6 Å². The average molecular weight is 424 g/mol. The number of urea groups is 1. The first kappa shape index (κ1) is 22.1. The summed E-state index contributed by atoms with van der Waals surface area (Å²) >= 11 is 0. The fraction of sp³-hybridized carbons (Fsp3) is 0.667. The van der Waals surface area contributed by atoms with E-state index in [0.29, 0.717) is 23.7 Å². The average Bonchev–Trinajstić information content (AvgIpc) is 3.16. The van der Waals surface area contributed by atoms with E-state index in [1.807, 2.05) is 4.90 Å². The summed E-state index contributed by atoms with van der Waals surface area (Å²) in [7, 11) is -1.62. The Labute approximate surface area is 174 Å². The zero-order valence-electron chi connectivity index (χ0n) is 17.3. The van der Waals surface area contributed by atoms with Crippen molar-refractivity contribution in [1.29, 1.82) is 0 Å². The lowest BCUT2D eigenvalue weighted by atomic mass is 10.3. The van der Waals surface area contributed by atoms with Crippen LogP contribution in [0.3, 0.4) is 0 Å². The van der Waals surface area contributed by atoms with Crippen LogP contribution < -0.4 is 5.32 Å². The molecule has 0 bridgehead atoms. The Bertz CT molecular complexity index is 778. The lowest BCUT2D eigenvalue weighted by Gasteiger charge is -2.22. The highest BCUT2D eigenvalue weighted by Crippen LogP contribution is 2.30. The van der Waals surface area contributed by atoms with Gasteiger partial charge < -0.3 is 19.9 Å². The van der Waals surface area contributed by atoms with Crippen molar-refractivity contribution in [2.45, 2.75) is 48.7 Å².